The highest BCUT2D eigenvalue weighted by Gasteiger charge is 2.41. The van der Waals surface area contributed by atoms with E-state index in [1.807, 2.05) is 13.0 Å². The van der Waals surface area contributed by atoms with E-state index in [9.17, 15) is 14.9 Å². The highest BCUT2D eigenvalue weighted by atomic mass is 32.2. The van der Waals surface area contributed by atoms with Gasteiger partial charge in [0, 0.05) is 49.3 Å². The average molecular weight is 383 g/mol. The number of fused-ring (bicyclic) bond motifs is 1. The van der Waals surface area contributed by atoms with Gasteiger partial charge in [-0.15, -0.1) is 11.8 Å². The molecule has 0 saturated carbocycles. The number of nitrogens with one attached hydrogen (secondary N) is 2. The molecule has 3 heterocycles. The molecule has 0 bridgehead atoms. The summed E-state index contributed by atoms with van der Waals surface area (Å²) in [6, 6.07) is 5.83. The number of pyridine rings is 1. The maximum atomic E-state index is 12.2. The van der Waals surface area contributed by atoms with Crippen LogP contribution in [-0.2, 0) is 4.79 Å². The summed E-state index contributed by atoms with van der Waals surface area (Å²) in [5.41, 5.74) is 1.44. The molecular weight excluding hydrogens is 362 g/mol. The summed E-state index contributed by atoms with van der Waals surface area (Å²) in [4.78, 5) is 30.1. The van der Waals surface area contributed by atoms with Crippen molar-refractivity contribution in [3.8, 4) is 6.07 Å². The van der Waals surface area contributed by atoms with Gasteiger partial charge in [0.2, 0.25) is 5.91 Å². The minimum Gasteiger partial charge on any atom is -0.338 e. The monoisotopic (exact) mass is 383 g/mol. The quantitative estimate of drug-likeness (QED) is 0.776. The molecule has 7 nitrogen and oxygen atoms in total. The SMILES string of the molecule is CCNC(=O)N1CCC2C(C#N)=C(NC(=O)/C=C/c3cccnc3)SC2C1. The Morgan fingerprint density at radius 3 is 3.07 bits per heavy atom. The molecule has 1 aromatic heterocycles. The normalized spacial score (nSPS) is 21.7. The number of urea groups is 1. The van der Waals surface area contributed by atoms with Crippen LogP contribution in [-0.4, -0.2) is 46.7 Å². The second-order valence-corrected chi connectivity index (χ2v) is 7.55. The van der Waals surface area contributed by atoms with Gasteiger partial charge in [-0.3, -0.25) is 9.78 Å². The van der Waals surface area contributed by atoms with Crippen LogP contribution in [0.4, 0.5) is 4.79 Å². The Balaban J connectivity index is 1.64. The van der Waals surface area contributed by atoms with E-state index < -0.39 is 0 Å². The van der Waals surface area contributed by atoms with Crippen molar-refractivity contribution in [2.24, 2.45) is 5.92 Å². The first-order valence-electron chi connectivity index (χ1n) is 8.85. The third kappa shape index (κ3) is 4.49. The lowest BCUT2D eigenvalue weighted by atomic mass is 9.90. The molecule has 2 aliphatic heterocycles. The van der Waals surface area contributed by atoms with Gasteiger partial charge in [0.1, 0.15) is 0 Å². The predicted molar refractivity (Wildman–Crippen MR) is 104 cm³/mol. The topological polar surface area (TPSA) is 98.1 Å². The zero-order valence-corrected chi connectivity index (χ0v) is 15.8. The number of hydrogen-bond donors (Lipinski definition) is 2. The average Bonchev–Trinajstić information content (AvgIpc) is 3.03. The van der Waals surface area contributed by atoms with E-state index in [0.717, 1.165) is 12.0 Å². The molecular formula is C19H21N5O2S. The van der Waals surface area contributed by atoms with Crippen LogP contribution in [0.1, 0.15) is 18.9 Å². The molecule has 1 saturated heterocycles. The number of amides is 3. The van der Waals surface area contributed by atoms with Gasteiger partial charge >= 0.3 is 6.03 Å². The summed E-state index contributed by atoms with van der Waals surface area (Å²) in [5.74, 6) is -0.211. The maximum absolute atomic E-state index is 12.2. The molecule has 0 aliphatic carbocycles. The van der Waals surface area contributed by atoms with Crippen LogP contribution in [0.25, 0.3) is 6.08 Å². The highest BCUT2D eigenvalue weighted by molar-refractivity contribution is 8.04. The number of carbonyl (C=O) groups is 2. The van der Waals surface area contributed by atoms with Gasteiger partial charge < -0.3 is 15.5 Å². The summed E-state index contributed by atoms with van der Waals surface area (Å²) < 4.78 is 0. The van der Waals surface area contributed by atoms with Crippen LogP contribution in [0.5, 0.6) is 0 Å². The van der Waals surface area contributed by atoms with E-state index >= 15 is 0 Å². The second-order valence-electron chi connectivity index (χ2n) is 6.30. The Morgan fingerprint density at radius 1 is 1.52 bits per heavy atom. The molecule has 27 heavy (non-hydrogen) atoms. The first-order valence-corrected chi connectivity index (χ1v) is 9.73. The van der Waals surface area contributed by atoms with Crippen molar-refractivity contribution in [3.63, 3.8) is 0 Å². The first kappa shape index (κ1) is 19.0. The van der Waals surface area contributed by atoms with Gasteiger partial charge in [-0.05, 0) is 31.1 Å². The lowest BCUT2D eigenvalue weighted by molar-refractivity contribution is -0.115. The highest BCUT2D eigenvalue weighted by Crippen LogP contribution is 2.44. The summed E-state index contributed by atoms with van der Waals surface area (Å²) in [6.45, 7) is 3.65. The Morgan fingerprint density at radius 2 is 2.37 bits per heavy atom. The molecule has 2 unspecified atom stereocenters. The predicted octanol–water partition coefficient (Wildman–Crippen LogP) is 2.11. The molecule has 140 valence electrons. The fourth-order valence-corrected chi connectivity index (χ4v) is 4.70. The lowest BCUT2D eigenvalue weighted by Gasteiger charge is -2.34. The van der Waals surface area contributed by atoms with Crippen LogP contribution in [0.3, 0.4) is 0 Å². The van der Waals surface area contributed by atoms with Gasteiger partial charge in [-0.1, -0.05) is 6.07 Å². The van der Waals surface area contributed by atoms with E-state index in [1.165, 1.54) is 17.8 Å². The number of hydrogen-bond acceptors (Lipinski definition) is 5. The molecule has 2 N–H and O–H groups in total. The largest absolute Gasteiger partial charge is 0.338 e. The van der Waals surface area contributed by atoms with Crippen LogP contribution >= 0.6 is 11.8 Å². The zero-order valence-electron chi connectivity index (χ0n) is 15.0. The number of rotatable bonds is 4. The Kier molecular flexibility index (Phi) is 6.14. The Hall–Kier alpha value is -2.79. The number of piperidine rings is 1. The van der Waals surface area contributed by atoms with Crippen molar-refractivity contribution < 1.29 is 9.59 Å². The number of allylic oxidation sites excluding steroid dienone is 1. The number of aromatic nitrogens is 1. The molecule has 8 heteroatoms. The standard InChI is InChI=1S/C19H21N5O2S/c1-2-22-19(26)24-9-7-14-15(10-20)18(27-16(14)12-24)23-17(25)6-5-13-4-3-8-21-11-13/h3-6,8,11,14,16H,2,7,9,12H2,1H3,(H,22,26)(H,23,25)/b6-5+. The minimum atomic E-state index is -0.284. The molecule has 0 radical (unpaired) electrons. The van der Waals surface area contributed by atoms with Gasteiger partial charge in [0.25, 0.3) is 0 Å². The van der Waals surface area contributed by atoms with Gasteiger partial charge in [-0.25, -0.2) is 4.79 Å². The van der Waals surface area contributed by atoms with Crippen molar-refractivity contribution in [1.82, 2.24) is 20.5 Å². The van der Waals surface area contributed by atoms with Crippen molar-refractivity contribution in [2.75, 3.05) is 19.6 Å². The number of carbonyl (C=O) groups excluding carboxylic acids is 2. The van der Waals surface area contributed by atoms with E-state index in [2.05, 4.69) is 21.7 Å². The molecule has 1 aromatic rings. The van der Waals surface area contributed by atoms with Gasteiger partial charge in [-0.2, -0.15) is 5.26 Å². The van der Waals surface area contributed by atoms with Gasteiger partial charge in [0.15, 0.2) is 0 Å². The molecule has 2 aliphatic rings. The third-order valence-corrected chi connectivity index (χ3v) is 5.87. The summed E-state index contributed by atoms with van der Waals surface area (Å²) >= 11 is 1.47. The Bertz CT molecular complexity index is 815. The first-order chi connectivity index (χ1) is 13.1. The number of likely N-dealkylation sites (tertiary alicyclic amines) is 1. The summed E-state index contributed by atoms with van der Waals surface area (Å²) in [6.07, 6.45) is 7.17. The molecule has 3 amide bonds. The second kappa shape index (κ2) is 8.73. The van der Waals surface area contributed by atoms with E-state index in [0.29, 0.717) is 30.2 Å². The zero-order chi connectivity index (χ0) is 19.2. The lowest BCUT2D eigenvalue weighted by Crippen LogP contribution is -2.48. The van der Waals surface area contributed by atoms with Crippen molar-refractivity contribution in [3.05, 3.63) is 46.8 Å². The summed E-state index contributed by atoms with van der Waals surface area (Å²) in [7, 11) is 0. The van der Waals surface area contributed by atoms with Crippen LogP contribution in [0.15, 0.2) is 41.2 Å². The van der Waals surface area contributed by atoms with Crippen molar-refractivity contribution >= 4 is 29.8 Å². The van der Waals surface area contributed by atoms with Crippen LogP contribution in [0, 0.1) is 17.2 Å². The van der Waals surface area contributed by atoms with Gasteiger partial charge in [0.05, 0.1) is 16.7 Å². The van der Waals surface area contributed by atoms with E-state index in [1.54, 1.807) is 29.4 Å². The molecule has 3 rings (SSSR count). The third-order valence-electron chi connectivity index (χ3n) is 4.53. The molecule has 1 fully saturated rings. The van der Waals surface area contributed by atoms with Crippen LogP contribution in [0.2, 0.25) is 0 Å². The number of nitrogens with zero attached hydrogens (tertiary/aromatic N) is 3. The van der Waals surface area contributed by atoms with E-state index in [-0.39, 0.29) is 23.1 Å². The smallest absolute Gasteiger partial charge is 0.317 e. The minimum absolute atomic E-state index is 0.0725. The number of thioether (sulfide) groups is 1. The Labute approximate surface area is 162 Å². The maximum Gasteiger partial charge on any atom is 0.317 e. The fourth-order valence-electron chi connectivity index (χ4n) is 3.23. The molecule has 0 spiro atoms. The molecule has 2 atom stereocenters. The van der Waals surface area contributed by atoms with Crippen LogP contribution < -0.4 is 10.6 Å². The van der Waals surface area contributed by atoms with Crippen molar-refractivity contribution in [2.45, 2.75) is 18.6 Å². The molecule has 0 aromatic carbocycles. The number of nitriles is 1. The van der Waals surface area contributed by atoms with Crippen molar-refractivity contribution in [1.29, 1.82) is 5.26 Å². The summed E-state index contributed by atoms with van der Waals surface area (Å²) in [5, 5.41) is 15.9. The fraction of sp³-hybridized carbons (Fsp3) is 0.368. The van der Waals surface area contributed by atoms with E-state index in [4.69, 9.17) is 0 Å².